The molecule has 186 valence electrons. The zero-order valence-corrected chi connectivity index (χ0v) is 22.5. The van der Waals surface area contributed by atoms with Crippen LogP contribution < -0.4 is 0 Å². The van der Waals surface area contributed by atoms with Gasteiger partial charge in [0.1, 0.15) is 22.6 Å². The lowest BCUT2D eigenvalue weighted by atomic mass is 9.82. The fourth-order valence-electron chi connectivity index (χ4n) is 5.35. The number of hydrogen-bond acceptors (Lipinski definition) is 3. The number of rotatable bonds is 4. The second-order valence-electron chi connectivity index (χ2n) is 11.7. The molecule has 37 heavy (non-hydrogen) atoms. The molecular formula is C34H33NO2. The SMILES string of the molecule is Cc1cc2nc(-c3cc(C(C)(C)C)c4ccccc4c3)cc(-c3ccc4oc(CC(C)C)cc4c3)c2o1. The summed E-state index contributed by atoms with van der Waals surface area (Å²) in [6, 6.07) is 26.0. The number of benzene rings is 3. The molecule has 0 fully saturated rings. The van der Waals surface area contributed by atoms with Crippen LogP contribution in [0.3, 0.4) is 0 Å². The minimum Gasteiger partial charge on any atom is -0.461 e. The Kier molecular flexibility index (Phi) is 5.49. The second kappa shape index (κ2) is 8.62. The number of aryl methyl sites for hydroxylation is 1. The van der Waals surface area contributed by atoms with Crippen LogP contribution in [0, 0.1) is 12.8 Å². The largest absolute Gasteiger partial charge is 0.461 e. The highest BCUT2D eigenvalue weighted by Crippen LogP contribution is 2.38. The summed E-state index contributed by atoms with van der Waals surface area (Å²) in [6.45, 7) is 13.2. The molecule has 3 heteroatoms. The van der Waals surface area contributed by atoms with Gasteiger partial charge >= 0.3 is 0 Å². The zero-order valence-electron chi connectivity index (χ0n) is 22.5. The Morgan fingerprint density at radius 2 is 1.59 bits per heavy atom. The molecule has 3 aromatic carbocycles. The van der Waals surface area contributed by atoms with E-state index >= 15 is 0 Å². The van der Waals surface area contributed by atoms with E-state index < -0.39 is 0 Å². The lowest BCUT2D eigenvalue weighted by Gasteiger charge is -2.23. The molecule has 0 aliphatic heterocycles. The Hall–Kier alpha value is -3.85. The number of furan rings is 2. The third-order valence-corrected chi connectivity index (χ3v) is 7.06. The first kappa shape index (κ1) is 23.5. The smallest absolute Gasteiger partial charge is 0.160 e. The first-order valence-corrected chi connectivity index (χ1v) is 13.1. The van der Waals surface area contributed by atoms with Crippen LogP contribution in [-0.2, 0) is 11.8 Å². The molecule has 3 heterocycles. The molecule has 0 aliphatic rings. The summed E-state index contributed by atoms with van der Waals surface area (Å²) in [5.74, 6) is 2.44. The van der Waals surface area contributed by atoms with Crippen LogP contribution in [0.15, 0.2) is 81.6 Å². The van der Waals surface area contributed by atoms with Crippen molar-refractivity contribution in [2.24, 2.45) is 5.92 Å². The van der Waals surface area contributed by atoms with Crippen molar-refractivity contribution in [3.63, 3.8) is 0 Å². The van der Waals surface area contributed by atoms with Crippen LogP contribution in [0.4, 0.5) is 0 Å². The molecule has 0 atom stereocenters. The maximum Gasteiger partial charge on any atom is 0.160 e. The Bertz CT molecular complexity index is 1780. The van der Waals surface area contributed by atoms with Crippen LogP contribution in [0.2, 0.25) is 0 Å². The minimum absolute atomic E-state index is 0.00872. The van der Waals surface area contributed by atoms with Crippen LogP contribution in [0.5, 0.6) is 0 Å². The Balaban J connectivity index is 1.56. The summed E-state index contributed by atoms with van der Waals surface area (Å²) < 4.78 is 12.3. The minimum atomic E-state index is 0.00872. The fraction of sp³-hybridized carbons (Fsp3) is 0.265. The molecule has 0 N–H and O–H groups in total. The average molecular weight is 488 g/mol. The molecule has 0 unspecified atom stereocenters. The highest BCUT2D eigenvalue weighted by atomic mass is 16.3. The second-order valence-corrected chi connectivity index (χ2v) is 11.7. The molecule has 0 saturated carbocycles. The van der Waals surface area contributed by atoms with Gasteiger partial charge in [0, 0.05) is 29.0 Å². The zero-order chi connectivity index (χ0) is 25.9. The van der Waals surface area contributed by atoms with Gasteiger partial charge in [-0.15, -0.1) is 0 Å². The van der Waals surface area contributed by atoms with E-state index in [1.54, 1.807) is 0 Å². The average Bonchev–Trinajstić information content (AvgIpc) is 3.42. The van der Waals surface area contributed by atoms with Crippen LogP contribution in [-0.4, -0.2) is 4.98 Å². The van der Waals surface area contributed by atoms with Gasteiger partial charge < -0.3 is 8.83 Å². The highest BCUT2D eigenvalue weighted by molar-refractivity contribution is 5.97. The van der Waals surface area contributed by atoms with Gasteiger partial charge in [0.05, 0.1) is 5.69 Å². The number of hydrogen-bond donors (Lipinski definition) is 0. The van der Waals surface area contributed by atoms with Crippen molar-refractivity contribution in [1.29, 1.82) is 0 Å². The molecule has 0 saturated heterocycles. The summed E-state index contributed by atoms with van der Waals surface area (Å²) in [7, 11) is 0. The van der Waals surface area contributed by atoms with Crippen molar-refractivity contribution >= 4 is 32.8 Å². The van der Waals surface area contributed by atoms with Crippen molar-refractivity contribution < 1.29 is 8.83 Å². The number of aromatic nitrogens is 1. The van der Waals surface area contributed by atoms with Crippen LogP contribution >= 0.6 is 0 Å². The van der Waals surface area contributed by atoms with Crippen LogP contribution in [0.25, 0.3) is 55.2 Å². The quantitative estimate of drug-likeness (QED) is 0.248. The molecule has 6 rings (SSSR count). The third-order valence-electron chi connectivity index (χ3n) is 7.06. The molecular weight excluding hydrogens is 454 g/mol. The van der Waals surface area contributed by atoms with E-state index in [0.717, 1.165) is 62.4 Å². The number of nitrogens with zero attached hydrogens (tertiary/aromatic N) is 1. The lowest BCUT2D eigenvalue weighted by molar-refractivity contribution is 0.500. The summed E-state index contributed by atoms with van der Waals surface area (Å²) in [4.78, 5) is 5.07. The van der Waals surface area contributed by atoms with Gasteiger partial charge in [-0.25, -0.2) is 4.98 Å². The van der Waals surface area contributed by atoms with Gasteiger partial charge in [0.25, 0.3) is 0 Å². The maximum atomic E-state index is 6.18. The van der Waals surface area contributed by atoms with Gasteiger partial charge in [0.15, 0.2) is 5.58 Å². The molecule has 0 aliphatic carbocycles. The Morgan fingerprint density at radius 1 is 0.811 bits per heavy atom. The lowest BCUT2D eigenvalue weighted by Crippen LogP contribution is -2.12. The molecule has 3 aromatic heterocycles. The fourth-order valence-corrected chi connectivity index (χ4v) is 5.35. The summed E-state index contributed by atoms with van der Waals surface area (Å²) in [6.07, 6.45) is 0.934. The van der Waals surface area contributed by atoms with E-state index in [9.17, 15) is 0 Å². The highest BCUT2D eigenvalue weighted by Gasteiger charge is 2.20. The van der Waals surface area contributed by atoms with Crippen molar-refractivity contribution in [2.75, 3.05) is 0 Å². The Morgan fingerprint density at radius 3 is 2.38 bits per heavy atom. The maximum absolute atomic E-state index is 6.18. The van der Waals surface area contributed by atoms with E-state index in [-0.39, 0.29) is 5.41 Å². The summed E-state index contributed by atoms with van der Waals surface area (Å²) in [5, 5.41) is 3.64. The monoisotopic (exact) mass is 487 g/mol. The topological polar surface area (TPSA) is 39.2 Å². The van der Waals surface area contributed by atoms with Crippen molar-refractivity contribution in [3.8, 4) is 22.4 Å². The van der Waals surface area contributed by atoms with E-state index in [4.69, 9.17) is 13.8 Å². The molecule has 0 radical (unpaired) electrons. The van der Waals surface area contributed by atoms with E-state index in [2.05, 4.69) is 101 Å². The molecule has 0 amide bonds. The van der Waals surface area contributed by atoms with Gasteiger partial charge in [-0.2, -0.15) is 0 Å². The first-order valence-electron chi connectivity index (χ1n) is 13.1. The Labute approximate surface area is 218 Å². The predicted molar refractivity (Wildman–Crippen MR) is 154 cm³/mol. The van der Waals surface area contributed by atoms with Gasteiger partial charge in [-0.1, -0.05) is 65.0 Å². The van der Waals surface area contributed by atoms with Gasteiger partial charge in [-0.05, 0) is 76.6 Å². The third kappa shape index (κ3) is 4.33. The molecule has 0 bridgehead atoms. The number of pyridine rings is 1. The van der Waals surface area contributed by atoms with Crippen molar-refractivity contribution in [2.45, 2.75) is 53.4 Å². The number of fused-ring (bicyclic) bond motifs is 3. The van der Waals surface area contributed by atoms with Gasteiger partial charge in [-0.3, -0.25) is 0 Å². The predicted octanol–water partition coefficient (Wildman–Crippen LogP) is 9.87. The molecule has 0 spiro atoms. The van der Waals surface area contributed by atoms with Crippen LogP contribution in [0.1, 0.15) is 51.7 Å². The van der Waals surface area contributed by atoms with E-state index in [1.807, 2.05) is 13.0 Å². The summed E-state index contributed by atoms with van der Waals surface area (Å²) in [5.41, 5.74) is 8.17. The van der Waals surface area contributed by atoms with E-state index in [1.165, 1.54) is 16.3 Å². The van der Waals surface area contributed by atoms with E-state index in [0.29, 0.717) is 5.92 Å². The van der Waals surface area contributed by atoms with Crippen molar-refractivity contribution in [3.05, 3.63) is 89.9 Å². The normalized spacial score (nSPS) is 12.4. The van der Waals surface area contributed by atoms with Crippen molar-refractivity contribution in [1.82, 2.24) is 4.98 Å². The molecule has 3 nitrogen and oxygen atoms in total. The van der Waals surface area contributed by atoms with Gasteiger partial charge in [0.2, 0.25) is 0 Å². The summed E-state index contributed by atoms with van der Waals surface area (Å²) >= 11 is 0. The standard InChI is InChI=1S/C34H33NO2/c1-20(2)13-26-17-25-16-23(11-12-32(25)37-26)28-19-30(35-31-14-21(3)36-33(28)31)24-15-22-9-7-8-10-27(22)29(18-24)34(4,5)6/h7-12,14-20H,13H2,1-6H3. The molecule has 6 aromatic rings. The first-order chi connectivity index (χ1) is 17.7.